The van der Waals surface area contributed by atoms with Gasteiger partial charge in [-0.25, -0.2) is 9.18 Å². The summed E-state index contributed by atoms with van der Waals surface area (Å²) in [6, 6.07) is -0.00218. The van der Waals surface area contributed by atoms with E-state index < -0.39 is 0 Å². The van der Waals surface area contributed by atoms with Gasteiger partial charge in [0.25, 0.3) is 0 Å². The molecule has 100 valence electrons. The molecule has 2 amide bonds. The molecule has 2 N–H and O–H groups in total. The smallest absolute Gasteiger partial charge is 0.317 e. The summed E-state index contributed by atoms with van der Waals surface area (Å²) in [7, 11) is 3.34. The SMILES string of the molecule is CNC(=O)N(C)C(C)C[C@H](C)CC/C(O)=C/F. The number of aliphatic hydroxyl groups is 1. The Labute approximate surface area is 102 Å². The van der Waals surface area contributed by atoms with Gasteiger partial charge in [-0.15, -0.1) is 0 Å². The highest BCUT2D eigenvalue weighted by Crippen LogP contribution is 2.17. The number of halogens is 1. The highest BCUT2D eigenvalue weighted by molar-refractivity contribution is 5.73. The predicted octanol–water partition coefficient (Wildman–Crippen LogP) is 2.82. The number of amides is 2. The molecule has 0 aliphatic carbocycles. The molecule has 0 spiro atoms. The van der Waals surface area contributed by atoms with Crippen LogP contribution < -0.4 is 5.32 Å². The fourth-order valence-electron chi connectivity index (χ4n) is 1.68. The van der Waals surface area contributed by atoms with Crippen molar-refractivity contribution in [1.82, 2.24) is 10.2 Å². The Morgan fingerprint density at radius 3 is 2.59 bits per heavy atom. The van der Waals surface area contributed by atoms with Crippen molar-refractivity contribution in [2.45, 2.75) is 39.2 Å². The normalized spacial score (nSPS) is 15.2. The Morgan fingerprint density at radius 2 is 2.12 bits per heavy atom. The van der Waals surface area contributed by atoms with Crippen molar-refractivity contribution in [3.63, 3.8) is 0 Å². The lowest BCUT2D eigenvalue weighted by Crippen LogP contribution is -2.41. The van der Waals surface area contributed by atoms with Crippen molar-refractivity contribution in [3.8, 4) is 0 Å². The molecule has 0 radical (unpaired) electrons. The number of nitrogens with zero attached hydrogens (tertiary/aromatic N) is 1. The molecule has 2 atom stereocenters. The van der Waals surface area contributed by atoms with Crippen molar-refractivity contribution >= 4 is 6.03 Å². The topological polar surface area (TPSA) is 52.6 Å². The maximum Gasteiger partial charge on any atom is 0.317 e. The fraction of sp³-hybridized carbons (Fsp3) is 0.750. The van der Waals surface area contributed by atoms with Crippen LogP contribution in [0.3, 0.4) is 0 Å². The number of carbonyl (C=O) groups is 1. The van der Waals surface area contributed by atoms with Crippen LogP contribution in [-0.4, -0.2) is 36.2 Å². The highest BCUT2D eigenvalue weighted by Gasteiger charge is 2.17. The van der Waals surface area contributed by atoms with E-state index in [9.17, 15) is 9.18 Å². The van der Waals surface area contributed by atoms with Crippen molar-refractivity contribution in [1.29, 1.82) is 0 Å². The van der Waals surface area contributed by atoms with Gasteiger partial charge >= 0.3 is 6.03 Å². The van der Waals surface area contributed by atoms with E-state index in [1.165, 1.54) is 0 Å². The number of urea groups is 1. The van der Waals surface area contributed by atoms with Crippen molar-refractivity contribution in [2.75, 3.05) is 14.1 Å². The number of nitrogens with one attached hydrogen (secondary N) is 1. The second-order valence-electron chi connectivity index (χ2n) is 4.50. The first-order valence-electron chi connectivity index (χ1n) is 5.85. The van der Waals surface area contributed by atoms with Gasteiger partial charge in [0.1, 0.15) is 12.1 Å². The van der Waals surface area contributed by atoms with Crippen LogP contribution in [-0.2, 0) is 0 Å². The first-order valence-corrected chi connectivity index (χ1v) is 5.85. The Morgan fingerprint density at radius 1 is 1.53 bits per heavy atom. The Bertz CT molecular complexity index is 269. The van der Waals surface area contributed by atoms with Crippen LogP contribution >= 0.6 is 0 Å². The standard InChI is InChI=1S/C12H23FN2O2/c1-9(5-6-11(16)8-13)7-10(2)15(4)12(17)14-3/h8-10,16H,5-7H2,1-4H3,(H,14,17)/b11-8-/t9-,10?/m1/s1. The summed E-state index contributed by atoms with van der Waals surface area (Å²) in [6.07, 6.45) is 2.10. The molecule has 0 aromatic carbocycles. The molecule has 5 heteroatoms. The summed E-state index contributed by atoms with van der Waals surface area (Å²) in [5.41, 5.74) is 0. The van der Waals surface area contributed by atoms with Crippen molar-refractivity contribution in [3.05, 3.63) is 12.1 Å². The number of aliphatic hydroxyl groups excluding tert-OH is 1. The zero-order chi connectivity index (χ0) is 13.4. The van der Waals surface area contributed by atoms with Crippen LogP contribution in [0, 0.1) is 5.92 Å². The summed E-state index contributed by atoms with van der Waals surface area (Å²) < 4.78 is 11.9. The quantitative estimate of drug-likeness (QED) is 0.708. The maximum absolute atomic E-state index is 11.9. The van der Waals surface area contributed by atoms with E-state index in [0.29, 0.717) is 18.8 Å². The van der Waals surface area contributed by atoms with E-state index in [-0.39, 0.29) is 24.2 Å². The van der Waals surface area contributed by atoms with Gasteiger partial charge in [0.05, 0.1) is 0 Å². The maximum atomic E-state index is 11.9. The predicted molar refractivity (Wildman–Crippen MR) is 66.5 cm³/mol. The molecule has 17 heavy (non-hydrogen) atoms. The molecule has 1 unspecified atom stereocenters. The van der Waals surface area contributed by atoms with Crippen molar-refractivity contribution < 1.29 is 14.3 Å². The largest absolute Gasteiger partial charge is 0.510 e. The Balaban J connectivity index is 4.02. The molecule has 0 aromatic heterocycles. The van der Waals surface area contributed by atoms with Gasteiger partial charge in [-0.3, -0.25) is 0 Å². The molecule has 0 aliphatic heterocycles. The van der Waals surface area contributed by atoms with Gasteiger partial charge in [-0.1, -0.05) is 6.92 Å². The summed E-state index contributed by atoms with van der Waals surface area (Å²) in [4.78, 5) is 13.0. The van der Waals surface area contributed by atoms with E-state index >= 15 is 0 Å². The zero-order valence-corrected chi connectivity index (χ0v) is 11.0. The van der Waals surface area contributed by atoms with Crippen LogP contribution in [0.5, 0.6) is 0 Å². The lowest BCUT2D eigenvalue weighted by molar-refractivity contribution is 0.186. The zero-order valence-electron chi connectivity index (χ0n) is 11.0. The average molecular weight is 246 g/mol. The number of allylic oxidation sites excluding steroid dienone is 1. The molecule has 0 fully saturated rings. The van der Waals surface area contributed by atoms with Gasteiger partial charge in [-0.2, -0.15) is 0 Å². The molecule has 0 saturated carbocycles. The third-order valence-corrected chi connectivity index (χ3v) is 2.96. The summed E-state index contributed by atoms with van der Waals surface area (Å²) in [5, 5.41) is 11.6. The first-order chi connectivity index (χ1) is 7.92. The molecule has 0 bridgehead atoms. The van der Waals surface area contributed by atoms with Gasteiger partial charge < -0.3 is 15.3 Å². The van der Waals surface area contributed by atoms with Gasteiger partial charge in [0, 0.05) is 26.6 Å². The van der Waals surface area contributed by atoms with Crippen LogP contribution in [0.15, 0.2) is 12.1 Å². The molecular formula is C12H23FN2O2. The second-order valence-corrected chi connectivity index (χ2v) is 4.50. The average Bonchev–Trinajstić information content (AvgIpc) is 2.33. The summed E-state index contributed by atoms with van der Waals surface area (Å²) in [6.45, 7) is 4.00. The molecule has 0 aromatic rings. The molecule has 0 heterocycles. The van der Waals surface area contributed by atoms with E-state index in [1.807, 2.05) is 13.8 Å². The Kier molecular flexibility index (Phi) is 7.34. The van der Waals surface area contributed by atoms with Crippen LogP contribution in [0.4, 0.5) is 9.18 Å². The minimum absolute atomic E-state index is 0.112. The molecule has 4 nitrogen and oxygen atoms in total. The number of carbonyl (C=O) groups excluding carboxylic acids is 1. The minimum Gasteiger partial charge on any atom is -0.510 e. The second kappa shape index (κ2) is 7.92. The molecule has 0 aliphatic rings. The van der Waals surface area contributed by atoms with Crippen LogP contribution in [0.1, 0.15) is 33.1 Å². The van der Waals surface area contributed by atoms with Gasteiger partial charge in [-0.05, 0) is 25.7 Å². The molecule has 0 saturated heterocycles. The number of hydrogen-bond acceptors (Lipinski definition) is 2. The van der Waals surface area contributed by atoms with Crippen LogP contribution in [0.25, 0.3) is 0 Å². The molecule has 0 rings (SSSR count). The fourth-order valence-corrected chi connectivity index (χ4v) is 1.68. The minimum atomic E-state index is -0.218. The summed E-state index contributed by atoms with van der Waals surface area (Å²) >= 11 is 0. The van der Waals surface area contributed by atoms with Crippen molar-refractivity contribution in [2.24, 2.45) is 5.92 Å². The Hall–Kier alpha value is -1.26. The lowest BCUT2D eigenvalue weighted by atomic mass is 9.97. The number of hydrogen-bond donors (Lipinski definition) is 2. The number of rotatable bonds is 6. The van der Waals surface area contributed by atoms with Gasteiger partial charge in [0.15, 0.2) is 0 Å². The van der Waals surface area contributed by atoms with E-state index in [2.05, 4.69) is 5.32 Å². The van der Waals surface area contributed by atoms with E-state index in [4.69, 9.17) is 5.11 Å². The van der Waals surface area contributed by atoms with E-state index in [0.717, 1.165) is 6.42 Å². The summed E-state index contributed by atoms with van der Waals surface area (Å²) in [5.74, 6) is 0.100. The van der Waals surface area contributed by atoms with Gasteiger partial charge in [0.2, 0.25) is 0 Å². The van der Waals surface area contributed by atoms with E-state index in [1.54, 1.807) is 19.0 Å². The third kappa shape index (κ3) is 6.14. The first kappa shape index (κ1) is 15.7. The van der Waals surface area contributed by atoms with Crippen LogP contribution in [0.2, 0.25) is 0 Å². The molecular weight excluding hydrogens is 223 g/mol. The highest BCUT2D eigenvalue weighted by atomic mass is 19.1. The lowest BCUT2D eigenvalue weighted by Gasteiger charge is -2.26. The monoisotopic (exact) mass is 246 g/mol. The third-order valence-electron chi connectivity index (χ3n) is 2.96.